The third-order valence-corrected chi connectivity index (χ3v) is 3.39. The van der Waals surface area contributed by atoms with Crippen LogP contribution in [0.25, 0.3) is 0 Å². The monoisotopic (exact) mass is 297 g/mol. The molecule has 0 heterocycles. The highest BCUT2D eigenvalue weighted by atomic mass is 79.9. The second-order valence-electron chi connectivity index (χ2n) is 4.50. The molecule has 1 aromatic carbocycles. The molecule has 0 spiro atoms. The summed E-state index contributed by atoms with van der Waals surface area (Å²) in [4.78, 5) is 12.0. The third kappa shape index (κ3) is 4.50. The second-order valence-corrected chi connectivity index (χ2v) is 5.35. The summed E-state index contributed by atoms with van der Waals surface area (Å²) in [5.74, 6) is 0.000443. The van der Waals surface area contributed by atoms with E-state index in [1.807, 2.05) is 25.1 Å². The summed E-state index contributed by atoms with van der Waals surface area (Å²) < 4.78 is 0.859. The maximum Gasteiger partial charge on any atom is 0.252 e. The predicted molar refractivity (Wildman–Crippen MR) is 75.3 cm³/mol. The molecule has 17 heavy (non-hydrogen) atoms. The Morgan fingerprint density at radius 3 is 2.76 bits per heavy atom. The summed E-state index contributed by atoms with van der Waals surface area (Å²) in [7, 11) is 0. The summed E-state index contributed by atoms with van der Waals surface area (Å²) in [6.07, 6.45) is 3.34. The average molecular weight is 298 g/mol. The van der Waals surface area contributed by atoms with Crippen molar-refractivity contribution in [2.24, 2.45) is 0 Å². The fourth-order valence-electron chi connectivity index (χ4n) is 1.69. The molecule has 1 N–H and O–H groups in total. The van der Waals surface area contributed by atoms with Gasteiger partial charge >= 0.3 is 0 Å². The number of benzene rings is 1. The van der Waals surface area contributed by atoms with Crippen molar-refractivity contribution in [3.05, 3.63) is 33.8 Å². The molecule has 2 nitrogen and oxygen atoms in total. The molecule has 1 atom stereocenters. The summed E-state index contributed by atoms with van der Waals surface area (Å²) in [6, 6.07) is 6.01. The molecule has 1 aromatic rings. The minimum absolute atomic E-state index is 0.000443. The van der Waals surface area contributed by atoms with E-state index in [2.05, 4.69) is 35.1 Å². The van der Waals surface area contributed by atoms with Crippen molar-refractivity contribution in [2.45, 2.75) is 46.1 Å². The molecule has 0 aliphatic carbocycles. The Morgan fingerprint density at radius 2 is 2.18 bits per heavy atom. The van der Waals surface area contributed by atoms with Crippen LogP contribution >= 0.6 is 15.9 Å². The lowest BCUT2D eigenvalue weighted by Gasteiger charge is -2.14. The van der Waals surface area contributed by atoms with Gasteiger partial charge in [0.15, 0.2) is 0 Å². The van der Waals surface area contributed by atoms with Crippen molar-refractivity contribution < 1.29 is 4.79 Å². The quantitative estimate of drug-likeness (QED) is 0.872. The lowest BCUT2D eigenvalue weighted by Crippen LogP contribution is -2.32. The molecule has 0 aliphatic rings. The zero-order chi connectivity index (χ0) is 12.8. The Morgan fingerprint density at radius 1 is 1.47 bits per heavy atom. The Bertz CT molecular complexity index is 390. The van der Waals surface area contributed by atoms with Gasteiger partial charge < -0.3 is 5.32 Å². The molecule has 0 aromatic heterocycles. The lowest BCUT2D eigenvalue weighted by molar-refractivity contribution is 0.0937. The van der Waals surface area contributed by atoms with Gasteiger partial charge in [-0.3, -0.25) is 4.79 Å². The van der Waals surface area contributed by atoms with Crippen molar-refractivity contribution in [3.63, 3.8) is 0 Å². The maximum absolute atomic E-state index is 12.0. The van der Waals surface area contributed by atoms with Gasteiger partial charge in [-0.1, -0.05) is 25.8 Å². The number of nitrogens with one attached hydrogen (secondary N) is 1. The van der Waals surface area contributed by atoms with Crippen LogP contribution in [0.15, 0.2) is 22.7 Å². The predicted octanol–water partition coefficient (Wildman–Crippen LogP) is 4.07. The zero-order valence-corrected chi connectivity index (χ0v) is 12.3. The van der Waals surface area contributed by atoms with E-state index in [1.54, 1.807) is 0 Å². The molecule has 3 heteroatoms. The smallest absolute Gasteiger partial charge is 0.252 e. The molecule has 0 radical (unpaired) electrons. The number of carbonyl (C=O) groups is 1. The summed E-state index contributed by atoms with van der Waals surface area (Å²) in [5.41, 5.74) is 1.85. The molecule has 0 bridgehead atoms. The molecule has 0 aliphatic heterocycles. The number of aryl methyl sites for hydroxylation is 1. The van der Waals surface area contributed by atoms with Crippen LogP contribution in [0.3, 0.4) is 0 Å². The van der Waals surface area contributed by atoms with Gasteiger partial charge in [-0.05, 0) is 53.9 Å². The Balaban J connectivity index is 2.63. The summed E-state index contributed by atoms with van der Waals surface area (Å²) in [6.45, 7) is 6.22. The van der Waals surface area contributed by atoms with Crippen molar-refractivity contribution in [2.75, 3.05) is 0 Å². The largest absolute Gasteiger partial charge is 0.350 e. The Kier molecular flexibility index (Phi) is 5.69. The van der Waals surface area contributed by atoms with E-state index in [0.29, 0.717) is 5.56 Å². The molecule has 1 amide bonds. The average Bonchev–Trinajstić information content (AvgIpc) is 2.26. The molecule has 1 rings (SSSR count). The standard InChI is InChI=1S/C14H20BrNO/c1-4-5-6-11(3)16-14(17)12-8-7-10(2)9-13(12)15/h7-9,11H,4-6H2,1-3H3,(H,16,17). The molecule has 0 saturated heterocycles. The fourth-order valence-corrected chi connectivity index (χ4v) is 2.36. The van der Waals surface area contributed by atoms with Crippen LogP contribution in [0.4, 0.5) is 0 Å². The van der Waals surface area contributed by atoms with Gasteiger partial charge in [-0.15, -0.1) is 0 Å². The number of halogens is 1. The van der Waals surface area contributed by atoms with E-state index in [-0.39, 0.29) is 11.9 Å². The van der Waals surface area contributed by atoms with Crippen LogP contribution in [-0.4, -0.2) is 11.9 Å². The van der Waals surface area contributed by atoms with Gasteiger partial charge in [0.1, 0.15) is 0 Å². The van der Waals surface area contributed by atoms with Gasteiger partial charge in [0.05, 0.1) is 5.56 Å². The molecule has 0 saturated carbocycles. The minimum Gasteiger partial charge on any atom is -0.350 e. The lowest BCUT2D eigenvalue weighted by atomic mass is 10.1. The first-order valence-corrected chi connectivity index (χ1v) is 6.91. The Hall–Kier alpha value is -0.830. The molecular formula is C14H20BrNO. The van der Waals surface area contributed by atoms with E-state index < -0.39 is 0 Å². The van der Waals surface area contributed by atoms with Gasteiger partial charge in [0, 0.05) is 10.5 Å². The highest BCUT2D eigenvalue weighted by Gasteiger charge is 2.12. The number of rotatable bonds is 5. The van der Waals surface area contributed by atoms with Crippen LogP contribution < -0.4 is 5.32 Å². The molecular weight excluding hydrogens is 278 g/mol. The number of amides is 1. The summed E-state index contributed by atoms with van der Waals surface area (Å²) in [5, 5.41) is 3.02. The third-order valence-electron chi connectivity index (χ3n) is 2.74. The van der Waals surface area contributed by atoms with E-state index in [4.69, 9.17) is 0 Å². The SMILES string of the molecule is CCCCC(C)NC(=O)c1ccc(C)cc1Br. The van der Waals surface area contributed by atoms with Crippen molar-refractivity contribution in [3.8, 4) is 0 Å². The van der Waals surface area contributed by atoms with Crippen LogP contribution in [0.5, 0.6) is 0 Å². The number of hydrogen-bond acceptors (Lipinski definition) is 1. The highest BCUT2D eigenvalue weighted by molar-refractivity contribution is 9.10. The van der Waals surface area contributed by atoms with E-state index in [9.17, 15) is 4.79 Å². The fraction of sp³-hybridized carbons (Fsp3) is 0.500. The first-order chi connectivity index (χ1) is 8.04. The second kappa shape index (κ2) is 6.80. The molecule has 94 valence electrons. The maximum atomic E-state index is 12.0. The minimum atomic E-state index is 0.000443. The van der Waals surface area contributed by atoms with Crippen LogP contribution in [0, 0.1) is 6.92 Å². The van der Waals surface area contributed by atoms with Crippen LogP contribution in [0.2, 0.25) is 0 Å². The van der Waals surface area contributed by atoms with Crippen LogP contribution in [-0.2, 0) is 0 Å². The van der Waals surface area contributed by atoms with E-state index >= 15 is 0 Å². The number of unbranched alkanes of at least 4 members (excludes halogenated alkanes) is 1. The molecule has 0 fully saturated rings. The van der Waals surface area contributed by atoms with Crippen molar-refractivity contribution >= 4 is 21.8 Å². The topological polar surface area (TPSA) is 29.1 Å². The summed E-state index contributed by atoms with van der Waals surface area (Å²) >= 11 is 3.43. The number of carbonyl (C=O) groups excluding carboxylic acids is 1. The highest BCUT2D eigenvalue weighted by Crippen LogP contribution is 2.18. The van der Waals surface area contributed by atoms with Crippen molar-refractivity contribution in [1.29, 1.82) is 0 Å². The van der Waals surface area contributed by atoms with Gasteiger partial charge in [0.25, 0.3) is 5.91 Å². The number of hydrogen-bond donors (Lipinski definition) is 1. The Labute approximate surface area is 112 Å². The van der Waals surface area contributed by atoms with E-state index in [0.717, 1.165) is 29.3 Å². The van der Waals surface area contributed by atoms with Gasteiger partial charge in [-0.25, -0.2) is 0 Å². The first-order valence-electron chi connectivity index (χ1n) is 6.11. The van der Waals surface area contributed by atoms with Crippen LogP contribution in [0.1, 0.15) is 49.0 Å². The zero-order valence-electron chi connectivity index (χ0n) is 10.7. The molecule has 1 unspecified atom stereocenters. The van der Waals surface area contributed by atoms with Gasteiger partial charge in [0.2, 0.25) is 0 Å². The first kappa shape index (κ1) is 14.2. The normalized spacial score (nSPS) is 12.2. The van der Waals surface area contributed by atoms with Gasteiger partial charge in [-0.2, -0.15) is 0 Å². The van der Waals surface area contributed by atoms with Crippen molar-refractivity contribution in [1.82, 2.24) is 5.32 Å². The van der Waals surface area contributed by atoms with E-state index in [1.165, 1.54) is 0 Å².